The Morgan fingerprint density at radius 3 is 2.68 bits per heavy atom. The molecule has 0 aliphatic carbocycles. The van der Waals surface area contributed by atoms with Gasteiger partial charge in [0.25, 0.3) is 0 Å². The molecule has 1 aliphatic heterocycles. The van der Waals surface area contributed by atoms with E-state index in [1.165, 1.54) is 12.1 Å². The van der Waals surface area contributed by atoms with Crippen molar-refractivity contribution in [1.29, 1.82) is 0 Å². The van der Waals surface area contributed by atoms with E-state index in [1.807, 2.05) is 0 Å². The van der Waals surface area contributed by atoms with Crippen LogP contribution in [0.3, 0.4) is 0 Å². The zero-order valence-electron chi connectivity index (χ0n) is 14.3. The van der Waals surface area contributed by atoms with Gasteiger partial charge in [0.2, 0.25) is 17.6 Å². The van der Waals surface area contributed by atoms with E-state index in [-0.39, 0.29) is 35.5 Å². The topological polar surface area (TPSA) is 59.2 Å². The van der Waals surface area contributed by atoms with Gasteiger partial charge >= 0.3 is 6.18 Å². The highest BCUT2D eigenvalue weighted by Gasteiger charge is 2.35. The lowest BCUT2D eigenvalue weighted by Gasteiger charge is -2.16. The molecule has 1 aliphatic rings. The van der Waals surface area contributed by atoms with Crippen molar-refractivity contribution in [3.63, 3.8) is 0 Å². The first-order valence-corrected chi connectivity index (χ1v) is 8.76. The zero-order valence-corrected chi connectivity index (χ0v) is 15.0. The minimum atomic E-state index is -4.46. The molecular formula is C19H13ClF3N3O2. The Morgan fingerprint density at radius 1 is 1.14 bits per heavy atom. The number of hydrogen-bond acceptors (Lipinski definition) is 4. The lowest BCUT2D eigenvalue weighted by Crippen LogP contribution is -2.24. The Hall–Kier alpha value is -2.87. The summed E-state index contributed by atoms with van der Waals surface area (Å²) in [6.45, 7) is 0.323. The van der Waals surface area contributed by atoms with Crippen LogP contribution in [0.1, 0.15) is 23.8 Å². The van der Waals surface area contributed by atoms with Crippen LogP contribution in [0.25, 0.3) is 11.4 Å². The molecule has 9 heteroatoms. The van der Waals surface area contributed by atoms with E-state index in [2.05, 4.69) is 10.1 Å². The summed E-state index contributed by atoms with van der Waals surface area (Å²) >= 11 is 5.98. The number of rotatable bonds is 3. The van der Waals surface area contributed by atoms with Gasteiger partial charge in [-0.1, -0.05) is 35.0 Å². The van der Waals surface area contributed by atoms with E-state index in [1.54, 1.807) is 29.2 Å². The van der Waals surface area contributed by atoms with Crippen LogP contribution >= 0.6 is 11.6 Å². The predicted molar refractivity (Wildman–Crippen MR) is 95.9 cm³/mol. The Labute approximate surface area is 162 Å². The van der Waals surface area contributed by atoms with E-state index >= 15 is 0 Å². The molecule has 5 nitrogen and oxygen atoms in total. The fraction of sp³-hybridized carbons (Fsp3) is 0.211. The molecule has 1 atom stereocenters. The van der Waals surface area contributed by atoms with Crippen molar-refractivity contribution in [2.24, 2.45) is 0 Å². The second-order valence-corrected chi connectivity index (χ2v) is 6.86. The third-order valence-electron chi connectivity index (χ3n) is 4.48. The van der Waals surface area contributed by atoms with Gasteiger partial charge < -0.3 is 9.42 Å². The molecule has 1 saturated heterocycles. The van der Waals surface area contributed by atoms with Gasteiger partial charge in [-0.3, -0.25) is 4.79 Å². The van der Waals surface area contributed by atoms with Crippen molar-refractivity contribution in [3.8, 4) is 11.4 Å². The van der Waals surface area contributed by atoms with Crippen molar-refractivity contribution in [3.05, 3.63) is 65.0 Å². The maximum absolute atomic E-state index is 12.9. The predicted octanol–water partition coefficient (Wildman–Crippen LogP) is 4.93. The Balaban J connectivity index is 1.56. The molecule has 0 unspecified atom stereocenters. The van der Waals surface area contributed by atoms with E-state index in [0.717, 1.165) is 12.1 Å². The van der Waals surface area contributed by atoms with Gasteiger partial charge in [-0.15, -0.1) is 0 Å². The van der Waals surface area contributed by atoms with Crippen LogP contribution in [-0.2, 0) is 11.0 Å². The molecule has 1 fully saturated rings. The summed E-state index contributed by atoms with van der Waals surface area (Å²) in [7, 11) is 0. The molecule has 1 aromatic heterocycles. The smallest absolute Gasteiger partial charge is 0.339 e. The average molecular weight is 408 g/mol. The summed E-state index contributed by atoms with van der Waals surface area (Å²) in [5.41, 5.74) is 0.0676. The van der Waals surface area contributed by atoms with Crippen LogP contribution in [0, 0.1) is 0 Å². The molecule has 0 N–H and O–H groups in total. The minimum Gasteiger partial charge on any atom is -0.339 e. The van der Waals surface area contributed by atoms with Crippen LogP contribution < -0.4 is 4.90 Å². The Kier molecular flexibility index (Phi) is 4.58. The molecule has 0 spiro atoms. The SMILES string of the molecule is O=C1C[C@H](c2nc(-c3cccc(C(F)(F)F)c3)no2)CN1c1cccc(Cl)c1. The molecule has 4 rings (SSSR count). The Bertz CT molecular complexity index is 1040. The summed E-state index contributed by atoms with van der Waals surface area (Å²) in [5, 5.41) is 4.30. The number of hydrogen-bond donors (Lipinski definition) is 0. The molecule has 144 valence electrons. The van der Waals surface area contributed by atoms with Crippen molar-refractivity contribution in [1.82, 2.24) is 10.1 Å². The second kappa shape index (κ2) is 6.94. The van der Waals surface area contributed by atoms with Crippen molar-refractivity contribution in [2.75, 3.05) is 11.4 Å². The number of halogens is 4. The van der Waals surface area contributed by atoms with Crippen molar-refractivity contribution in [2.45, 2.75) is 18.5 Å². The normalized spacial score (nSPS) is 17.4. The van der Waals surface area contributed by atoms with Gasteiger partial charge in [-0.2, -0.15) is 18.2 Å². The van der Waals surface area contributed by atoms with Gasteiger partial charge in [0.1, 0.15) is 0 Å². The monoisotopic (exact) mass is 407 g/mol. The molecule has 0 bridgehead atoms. The first kappa shape index (κ1) is 18.5. The fourth-order valence-corrected chi connectivity index (χ4v) is 3.30. The van der Waals surface area contributed by atoms with E-state index in [0.29, 0.717) is 17.3 Å². The molecule has 3 aromatic rings. The number of anilines is 1. The second-order valence-electron chi connectivity index (χ2n) is 6.42. The van der Waals surface area contributed by atoms with Crippen molar-refractivity contribution >= 4 is 23.2 Å². The van der Waals surface area contributed by atoms with E-state index in [4.69, 9.17) is 16.1 Å². The lowest BCUT2D eigenvalue weighted by molar-refractivity contribution is -0.137. The molecular weight excluding hydrogens is 395 g/mol. The molecule has 0 radical (unpaired) electrons. The maximum atomic E-state index is 12.9. The molecule has 1 amide bonds. The number of benzene rings is 2. The van der Waals surface area contributed by atoms with Gasteiger partial charge in [-0.05, 0) is 30.3 Å². The standard InChI is InChI=1S/C19H13ClF3N3O2/c20-14-5-2-6-15(9-14)26-10-12(8-16(26)27)18-24-17(25-28-18)11-3-1-4-13(7-11)19(21,22)23/h1-7,9,12H,8,10H2/t12-/m0/s1. The van der Waals surface area contributed by atoms with Gasteiger partial charge in [0.15, 0.2) is 0 Å². The van der Waals surface area contributed by atoms with Crippen LogP contribution in [0.15, 0.2) is 53.1 Å². The quantitative estimate of drug-likeness (QED) is 0.617. The largest absolute Gasteiger partial charge is 0.416 e. The highest BCUT2D eigenvalue weighted by molar-refractivity contribution is 6.30. The number of carbonyl (C=O) groups is 1. The molecule has 2 aromatic carbocycles. The van der Waals surface area contributed by atoms with Crippen molar-refractivity contribution < 1.29 is 22.5 Å². The first-order valence-electron chi connectivity index (χ1n) is 8.38. The summed E-state index contributed by atoms with van der Waals surface area (Å²) in [4.78, 5) is 18.2. The Morgan fingerprint density at radius 2 is 1.93 bits per heavy atom. The first-order chi connectivity index (χ1) is 13.3. The average Bonchev–Trinajstić information content (AvgIpc) is 3.28. The number of carbonyl (C=O) groups excluding carboxylic acids is 1. The summed E-state index contributed by atoms with van der Waals surface area (Å²) < 4.78 is 43.9. The van der Waals surface area contributed by atoms with Crippen LogP contribution in [0.5, 0.6) is 0 Å². The lowest BCUT2D eigenvalue weighted by atomic mass is 10.1. The van der Waals surface area contributed by atoms with Crippen LogP contribution in [0.2, 0.25) is 5.02 Å². The third-order valence-corrected chi connectivity index (χ3v) is 4.72. The summed E-state index contributed by atoms with van der Waals surface area (Å²) in [6.07, 6.45) is -4.30. The molecule has 2 heterocycles. The van der Waals surface area contributed by atoms with Gasteiger partial charge in [-0.25, -0.2) is 0 Å². The van der Waals surface area contributed by atoms with Gasteiger partial charge in [0, 0.05) is 29.2 Å². The summed E-state index contributed by atoms with van der Waals surface area (Å²) in [6, 6.07) is 11.6. The highest BCUT2D eigenvalue weighted by atomic mass is 35.5. The number of aromatic nitrogens is 2. The third kappa shape index (κ3) is 3.60. The number of nitrogens with zero attached hydrogens (tertiary/aromatic N) is 3. The van der Waals surface area contributed by atoms with E-state index < -0.39 is 11.7 Å². The van der Waals surface area contributed by atoms with Crippen LogP contribution in [0.4, 0.5) is 18.9 Å². The zero-order chi connectivity index (χ0) is 19.9. The minimum absolute atomic E-state index is 0.0507. The fourth-order valence-electron chi connectivity index (χ4n) is 3.12. The van der Waals surface area contributed by atoms with Gasteiger partial charge in [0.05, 0.1) is 11.5 Å². The highest BCUT2D eigenvalue weighted by Crippen LogP contribution is 2.34. The van der Waals surface area contributed by atoms with E-state index in [9.17, 15) is 18.0 Å². The number of amides is 1. The number of alkyl halides is 3. The maximum Gasteiger partial charge on any atom is 0.416 e. The van der Waals surface area contributed by atoms with Crippen LogP contribution in [-0.4, -0.2) is 22.6 Å². The molecule has 28 heavy (non-hydrogen) atoms. The summed E-state index contributed by atoms with van der Waals surface area (Å²) in [5.74, 6) is -0.204. The molecule has 0 saturated carbocycles.